The average molecular weight is 341 g/mol. The molecule has 0 fully saturated rings. The molecule has 1 amide bonds. The number of benzene rings is 1. The maximum Gasteiger partial charge on any atom is 0.234 e. The number of nitrogens with one attached hydrogen (secondary N) is 2. The number of carbonyl (C=O) groups is 1. The molecule has 0 aromatic heterocycles. The minimum absolute atomic E-state index is 0.0342. The Hall–Kier alpha value is -1.07. The van der Waals surface area contributed by atoms with Gasteiger partial charge in [0.05, 0.1) is 13.2 Å². The minimum atomic E-state index is 0.0342. The third kappa shape index (κ3) is 3.96. The van der Waals surface area contributed by atoms with Gasteiger partial charge >= 0.3 is 0 Å². The summed E-state index contributed by atoms with van der Waals surface area (Å²) in [7, 11) is 0. The van der Waals surface area contributed by atoms with Gasteiger partial charge in [-0.05, 0) is 31.0 Å². The molecule has 2 rings (SSSR count). The number of amides is 1. The van der Waals surface area contributed by atoms with E-state index in [1.165, 1.54) is 5.56 Å². The zero-order valence-corrected chi connectivity index (χ0v) is 13.5. The van der Waals surface area contributed by atoms with Gasteiger partial charge in [0.2, 0.25) is 5.91 Å². The average Bonchev–Trinajstić information content (AvgIpc) is 2.86. The summed E-state index contributed by atoms with van der Waals surface area (Å²) < 4.78 is 6.72. The number of hydrogen-bond acceptors (Lipinski definition) is 3. The molecule has 1 aromatic rings. The second-order valence-corrected chi connectivity index (χ2v) is 6.05. The Balaban J connectivity index is 1.87. The highest BCUT2D eigenvalue weighted by Crippen LogP contribution is 2.32. The van der Waals surface area contributed by atoms with Crippen LogP contribution in [0.2, 0.25) is 0 Å². The Bertz CT molecular complexity index is 491. The van der Waals surface area contributed by atoms with Crippen LogP contribution in [0.15, 0.2) is 16.6 Å². The van der Waals surface area contributed by atoms with Gasteiger partial charge in [0.25, 0.3) is 0 Å². The molecule has 0 saturated heterocycles. The molecule has 110 valence electrons. The second-order valence-electron chi connectivity index (χ2n) is 5.13. The number of hydrogen-bond donors (Lipinski definition) is 2. The number of carbonyl (C=O) groups excluding carboxylic acids is 1. The molecule has 2 N–H and O–H groups in total. The van der Waals surface area contributed by atoms with Crippen LogP contribution in [0, 0.1) is 0 Å². The van der Waals surface area contributed by atoms with E-state index in [2.05, 4.69) is 39.6 Å². The maximum atomic E-state index is 11.7. The summed E-state index contributed by atoms with van der Waals surface area (Å²) in [6.45, 7) is 5.77. The van der Waals surface area contributed by atoms with Crippen LogP contribution in [0.25, 0.3) is 0 Å². The summed E-state index contributed by atoms with van der Waals surface area (Å²) in [6, 6.07) is 4.37. The smallest absolute Gasteiger partial charge is 0.234 e. The second kappa shape index (κ2) is 7.09. The van der Waals surface area contributed by atoms with E-state index in [1.54, 1.807) is 0 Å². The van der Waals surface area contributed by atoms with Crippen molar-refractivity contribution in [2.75, 3.05) is 13.2 Å². The van der Waals surface area contributed by atoms with E-state index in [0.717, 1.165) is 35.2 Å². The van der Waals surface area contributed by atoms with Gasteiger partial charge in [0, 0.05) is 29.0 Å². The van der Waals surface area contributed by atoms with Crippen LogP contribution in [0.1, 0.15) is 31.4 Å². The standard InChI is InChI=1S/C15H21BrN2O2/c1-3-10(2)18-14(19)9-17-8-12-7-13(16)6-11-4-5-20-15(11)12/h6-7,10,17H,3-5,8-9H2,1-2H3,(H,18,19). The molecule has 5 heteroatoms. The quantitative estimate of drug-likeness (QED) is 0.835. The molecular formula is C15H21BrN2O2. The number of fused-ring (bicyclic) bond motifs is 1. The molecule has 1 aromatic carbocycles. The molecule has 1 unspecified atom stereocenters. The van der Waals surface area contributed by atoms with Crippen molar-refractivity contribution < 1.29 is 9.53 Å². The van der Waals surface area contributed by atoms with Gasteiger partial charge in [-0.2, -0.15) is 0 Å². The zero-order chi connectivity index (χ0) is 14.5. The first-order valence-electron chi connectivity index (χ1n) is 7.04. The van der Waals surface area contributed by atoms with Crippen molar-refractivity contribution in [3.8, 4) is 5.75 Å². The molecule has 1 atom stereocenters. The van der Waals surface area contributed by atoms with Gasteiger partial charge in [0.1, 0.15) is 5.75 Å². The largest absolute Gasteiger partial charge is 0.493 e. The van der Waals surface area contributed by atoms with E-state index >= 15 is 0 Å². The summed E-state index contributed by atoms with van der Waals surface area (Å²) in [5.74, 6) is 1.01. The Morgan fingerprint density at radius 3 is 3.05 bits per heavy atom. The number of ether oxygens (including phenoxy) is 1. The Labute approximate surface area is 128 Å². The molecule has 0 radical (unpaired) electrons. The lowest BCUT2D eigenvalue weighted by Gasteiger charge is -2.13. The molecule has 0 spiro atoms. The molecule has 0 saturated carbocycles. The highest BCUT2D eigenvalue weighted by atomic mass is 79.9. The number of halogens is 1. The van der Waals surface area contributed by atoms with Crippen molar-refractivity contribution in [1.29, 1.82) is 0 Å². The molecule has 1 aliphatic rings. The van der Waals surface area contributed by atoms with E-state index in [-0.39, 0.29) is 11.9 Å². The summed E-state index contributed by atoms with van der Waals surface area (Å²) in [4.78, 5) is 11.7. The molecular weight excluding hydrogens is 320 g/mol. The van der Waals surface area contributed by atoms with Crippen LogP contribution < -0.4 is 15.4 Å². The fourth-order valence-electron chi connectivity index (χ4n) is 2.22. The van der Waals surface area contributed by atoms with Crippen LogP contribution in [0.5, 0.6) is 5.75 Å². The Kier molecular flexibility index (Phi) is 5.43. The van der Waals surface area contributed by atoms with E-state index in [1.807, 2.05) is 13.0 Å². The van der Waals surface area contributed by atoms with Crippen molar-refractivity contribution in [2.45, 2.75) is 39.3 Å². The summed E-state index contributed by atoms with van der Waals surface area (Å²) in [5, 5.41) is 6.11. The molecule has 0 aliphatic carbocycles. The number of rotatable bonds is 6. The predicted molar refractivity (Wildman–Crippen MR) is 82.9 cm³/mol. The first-order valence-corrected chi connectivity index (χ1v) is 7.83. The third-order valence-corrected chi connectivity index (χ3v) is 3.90. The van der Waals surface area contributed by atoms with Gasteiger partial charge in [-0.3, -0.25) is 4.79 Å². The fraction of sp³-hybridized carbons (Fsp3) is 0.533. The first kappa shape index (κ1) is 15.3. The fourth-order valence-corrected chi connectivity index (χ4v) is 2.77. The minimum Gasteiger partial charge on any atom is -0.493 e. The van der Waals surface area contributed by atoms with Crippen LogP contribution in [0.4, 0.5) is 0 Å². The molecule has 1 heterocycles. The molecule has 1 aliphatic heterocycles. The highest BCUT2D eigenvalue weighted by molar-refractivity contribution is 9.10. The third-order valence-electron chi connectivity index (χ3n) is 3.45. The van der Waals surface area contributed by atoms with Crippen molar-refractivity contribution in [1.82, 2.24) is 10.6 Å². The van der Waals surface area contributed by atoms with E-state index in [0.29, 0.717) is 13.1 Å². The van der Waals surface area contributed by atoms with Crippen LogP contribution in [-0.4, -0.2) is 25.1 Å². The Morgan fingerprint density at radius 2 is 2.30 bits per heavy atom. The lowest BCUT2D eigenvalue weighted by Crippen LogP contribution is -2.38. The SMILES string of the molecule is CCC(C)NC(=O)CNCc1cc(Br)cc2c1OCC2. The Morgan fingerprint density at radius 1 is 1.50 bits per heavy atom. The van der Waals surface area contributed by atoms with Crippen LogP contribution >= 0.6 is 15.9 Å². The van der Waals surface area contributed by atoms with Crippen LogP contribution in [-0.2, 0) is 17.8 Å². The van der Waals surface area contributed by atoms with Gasteiger partial charge in [0.15, 0.2) is 0 Å². The van der Waals surface area contributed by atoms with Gasteiger partial charge in [-0.25, -0.2) is 0 Å². The monoisotopic (exact) mass is 340 g/mol. The van der Waals surface area contributed by atoms with Crippen molar-refractivity contribution in [3.05, 3.63) is 27.7 Å². The lowest BCUT2D eigenvalue weighted by atomic mass is 10.1. The highest BCUT2D eigenvalue weighted by Gasteiger charge is 2.17. The van der Waals surface area contributed by atoms with Crippen molar-refractivity contribution >= 4 is 21.8 Å². The van der Waals surface area contributed by atoms with E-state index < -0.39 is 0 Å². The summed E-state index contributed by atoms with van der Waals surface area (Å²) in [5.41, 5.74) is 2.34. The van der Waals surface area contributed by atoms with Crippen LogP contribution in [0.3, 0.4) is 0 Å². The normalized spacial score (nSPS) is 14.6. The maximum absolute atomic E-state index is 11.7. The summed E-state index contributed by atoms with van der Waals surface area (Å²) in [6.07, 6.45) is 1.90. The van der Waals surface area contributed by atoms with E-state index in [9.17, 15) is 4.79 Å². The van der Waals surface area contributed by atoms with Crippen molar-refractivity contribution in [2.24, 2.45) is 0 Å². The molecule has 20 heavy (non-hydrogen) atoms. The van der Waals surface area contributed by atoms with E-state index in [4.69, 9.17) is 4.74 Å². The zero-order valence-electron chi connectivity index (χ0n) is 12.0. The summed E-state index contributed by atoms with van der Waals surface area (Å²) >= 11 is 3.52. The molecule has 4 nitrogen and oxygen atoms in total. The molecule has 0 bridgehead atoms. The van der Waals surface area contributed by atoms with Gasteiger partial charge < -0.3 is 15.4 Å². The van der Waals surface area contributed by atoms with Gasteiger partial charge in [-0.15, -0.1) is 0 Å². The van der Waals surface area contributed by atoms with Gasteiger partial charge in [-0.1, -0.05) is 22.9 Å². The lowest BCUT2D eigenvalue weighted by molar-refractivity contribution is -0.120. The predicted octanol–water partition coefficient (Wildman–Crippen LogP) is 2.39. The van der Waals surface area contributed by atoms with Crippen molar-refractivity contribution in [3.63, 3.8) is 0 Å². The topological polar surface area (TPSA) is 50.4 Å². The first-order chi connectivity index (χ1) is 9.60.